The van der Waals surface area contributed by atoms with Crippen molar-refractivity contribution in [1.29, 1.82) is 0 Å². The van der Waals surface area contributed by atoms with Gasteiger partial charge in [-0.15, -0.1) is 0 Å². The summed E-state index contributed by atoms with van der Waals surface area (Å²) < 4.78 is 5.91. The lowest BCUT2D eigenvalue weighted by molar-refractivity contribution is -0.384. The Morgan fingerprint density at radius 1 is 1.03 bits per heavy atom. The summed E-state index contributed by atoms with van der Waals surface area (Å²) in [5.74, 6) is 0.563. The Kier molecular flexibility index (Phi) is 5.22. The van der Waals surface area contributed by atoms with Crippen molar-refractivity contribution in [3.8, 4) is 11.5 Å². The van der Waals surface area contributed by atoms with Crippen molar-refractivity contribution < 1.29 is 9.34 Å². The molecule has 0 aliphatic carbocycles. The monoisotopic (exact) mass is 397 g/mol. The highest BCUT2D eigenvalue weighted by Gasteiger charge is 2.10. The molecule has 0 unspecified atom stereocenters. The third-order valence-corrected chi connectivity index (χ3v) is 4.69. The first kappa shape index (κ1) is 19.3. The molecule has 0 saturated heterocycles. The minimum absolute atomic E-state index is 0.0719. The second-order valence-corrected chi connectivity index (χ2v) is 6.98. The van der Waals surface area contributed by atoms with E-state index >= 15 is 0 Å². The number of non-ortho nitro benzene ring substituents is 1. The van der Waals surface area contributed by atoms with E-state index in [1.807, 2.05) is 56.3 Å². The van der Waals surface area contributed by atoms with Crippen LogP contribution in [0.4, 0.5) is 11.4 Å². The molecule has 0 saturated carbocycles. The van der Waals surface area contributed by atoms with Gasteiger partial charge in [0.15, 0.2) is 5.58 Å². The van der Waals surface area contributed by atoms with E-state index in [1.165, 1.54) is 12.1 Å². The van der Waals surface area contributed by atoms with Gasteiger partial charge >= 0.3 is 0 Å². The predicted molar refractivity (Wildman–Crippen MR) is 119 cm³/mol. The molecule has 0 spiro atoms. The molecule has 30 heavy (non-hydrogen) atoms. The van der Waals surface area contributed by atoms with Crippen molar-refractivity contribution in [3.63, 3.8) is 0 Å². The first-order valence-corrected chi connectivity index (χ1v) is 9.43. The molecule has 0 radical (unpaired) electrons. The number of hydrogen-bond donors (Lipinski definition) is 0. The highest BCUT2D eigenvalue weighted by molar-refractivity contribution is 5.82. The van der Waals surface area contributed by atoms with Crippen LogP contribution in [-0.2, 0) is 0 Å². The minimum Gasteiger partial charge on any atom is -0.436 e. The Bertz CT molecular complexity index is 1290. The van der Waals surface area contributed by atoms with E-state index in [0.717, 1.165) is 39.0 Å². The summed E-state index contributed by atoms with van der Waals surface area (Å²) in [4.78, 5) is 19.4. The van der Waals surface area contributed by atoms with Crippen molar-refractivity contribution in [2.45, 2.75) is 13.8 Å². The van der Waals surface area contributed by atoms with Crippen LogP contribution in [0.2, 0.25) is 0 Å². The largest absolute Gasteiger partial charge is 0.436 e. The van der Waals surface area contributed by atoms with Crippen molar-refractivity contribution >= 4 is 34.8 Å². The van der Waals surface area contributed by atoms with E-state index in [2.05, 4.69) is 9.98 Å². The Labute approximate surface area is 173 Å². The molecule has 1 heterocycles. The Morgan fingerprint density at radius 3 is 2.60 bits per heavy atom. The van der Waals surface area contributed by atoms with Gasteiger partial charge in [-0.25, -0.2) is 4.98 Å². The fraction of sp³-hybridized carbons (Fsp3) is 0.0833. The average molecular weight is 397 g/mol. The molecule has 0 bridgehead atoms. The number of fused-ring (bicyclic) bond motifs is 1. The van der Waals surface area contributed by atoms with Gasteiger partial charge in [0.2, 0.25) is 5.89 Å². The average Bonchev–Trinajstić information content (AvgIpc) is 3.16. The number of oxazole rings is 1. The molecule has 0 N–H and O–H groups in total. The van der Waals surface area contributed by atoms with Crippen LogP contribution in [0.25, 0.3) is 28.6 Å². The second kappa shape index (κ2) is 8.13. The van der Waals surface area contributed by atoms with E-state index in [1.54, 1.807) is 24.4 Å². The summed E-state index contributed by atoms with van der Waals surface area (Å²) in [7, 11) is 0. The highest BCUT2D eigenvalue weighted by Crippen LogP contribution is 2.29. The number of aromatic nitrogens is 1. The van der Waals surface area contributed by atoms with Gasteiger partial charge in [-0.1, -0.05) is 18.2 Å². The molecular weight excluding hydrogens is 378 g/mol. The van der Waals surface area contributed by atoms with Gasteiger partial charge in [0, 0.05) is 23.9 Å². The van der Waals surface area contributed by atoms with Crippen molar-refractivity contribution in [3.05, 3.63) is 93.5 Å². The minimum atomic E-state index is -0.414. The second-order valence-electron chi connectivity index (χ2n) is 6.98. The molecule has 0 aliphatic rings. The Morgan fingerprint density at radius 2 is 1.83 bits per heavy atom. The van der Waals surface area contributed by atoms with E-state index in [9.17, 15) is 10.1 Å². The fourth-order valence-electron chi connectivity index (χ4n) is 3.02. The number of aryl methyl sites for hydroxylation is 2. The normalized spacial score (nSPS) is 11.7. The predicted octanol–water partition coefficient (Wildman–Crippen LogP) is 6.44. The Hall–Kier alpha value is -4.06. The van der Waals surface area contributed by atoms with Crippen LogP contribution in [0.15, 0.2) is 76.1 Å². The lowest BCUT2D eigenvalue weighted by Crippen LogP contribution is -1.86. The zero-order valence-corrected chi connectivity index (χ0v) is 16.6. The number of hydrogen-bond acceptors (Lipinski definition) is 5. The molecule has 1 aromatic heterocycles. The molecule has 0 fully saturated rings. The van der Waals surface area contributed by atoms with E-state index < -0.39 is 4.92 Å². The summed E-state index contributed by atoms with van der Waals surface area (Å²) in [5.41, 5.74) is 6.36. The smallest absolute Gasteiger partial charge is 0.269 e. The SMILES string of the molecule is Cc1ccc2nc(-c3ccc(C)c(N=CC=Cc4ccc([N+](=O)[O-])cc4)c3)oc2c1. The zero-order valence-electron chi connectivity index (χ0n) is 16.6. The lowest BCUT2D eigenvalue weighted by Gasteiger charge is -2.02. The number of rotatable bonds is 5. The van der Waals surface area contributed by atoms with Gasteiger partial charge in [0.05, 0.1) is 10.6 Å². The number of aliphatic imine (C=N–C) groups is 1. The van der Waals surface area contributed by atoms with Crippen LogP contribution >= 0.6 is 0 Å². The molecule has 6 heteroatoms. The maximum absolute atomic E-state index is 10.7. The first-order chi connectivity index (χ1) is 14.5. The number of benzene rings is 3. The molecule has 0 amide bonds. The topological polar surface area (TPSA) is 81.5 Å². The maximum Gasteiger partial charge on any atom is 0.269 e. The van der Waals surface area contributed by atoms with Gasteiger partial charge in [0.25, 0.3) is 5.69 Å². The standard InChI is InChI=1S/C24H19N3O3/c1-16-5-12-21-23(14-16)30-24(26-21)19-9-6-17(2)22(15-19)25-13-3-4-18-7-10-20(11-8-18)27(28)29/h3-15H,1-2H3. The van der Waals surface area contributed by atoms with E-state index in [4.69, 9.17) is 4.42 Å². The summed E-state index contributed by atoms with van der Waals surface area (Å²) in [6.45, 7) is 4.01. The van der Waals surface area contributed by atoms with E-state index in [-0.39, 0.29) is 5.69 Å². The molecular formula is C24H19N3O3. The van der Waals surface area contributed by atoms with Gasteiger partial charge < -0.3 is 4.42 Å². The number of nitrogens with zero attached hydrogens (tertiary/aromatic N) is 3. The summed E-state index contributed by atoms with van der Waals surface area (Å²) in [6.07, 6.45) is 5.34. The summed E-state index contributed by atoms with van der Waals surface area (Å²) in [6, 6.07) is 18.2. The molecule has 6 nitrogen and oxygen atoms in total. The van der Waals surface area contributed by atoms with E-state index in [0.29, 0.717) is 5.89 Å². The number of nitro groups is 1. The van der Waals surface area contributed by atoms with Crippen LogP contribution in [0.3, 0.4) is 0 Å². The number of allylic oxidation sites excluding steroid dienone is 1. The maximum atomic E-state index is 10.7. The van der Waals surface area contributed by atoms with Crippen LogP contribution in [0.5, 0.6) is 0 Å². The van der Waals surface area contributed by atoms with Crippen LogP contribution < -0.4 is 0 Å². The number of nitro benzene ring substituents is 1. The zero-order chi connectivity index (χ0) is 21.1. The van der Waals surface area contributed by atoms with Gasteiger partial charge in [0.1, 0.15) is 5.52 Å². The van der Waals surface area contributed by atoms with Crippen LogP contribution in [-0.4, -0.2) is 16.1 Å². The van der Waals surface area contributed by atoms with Crippen molar-refractivity contribution in [1.82, 2.24) is 4.98 Å². The molecule has 4 rings (SSSR count). The van der Waals surface area contributed by atoms with Crippen LogP contribution in [0, 0.1) is 24.0 Å². The third kappa shape index (κ3) is 4.17. The first-order valence-electron chi connectivity index (χ1n) is 9.43. The van der Waals surface area contributed by atoms with Gasteiger partial charge in [-0.05, 0) is 73.0 Å². The lowest BCUT2D eigenvalue weighted by atomic mass is 10.1. The molecule has 3 aromatic carbocycles. The molecule has 148 valence electrons. The van der Waals surface area contributed by atoms with Crippen LogP contribution in [0.1, 0.15) is 16.7 Å². The Balaban J connectivity index is 1.54. The molecule has 4 aromatic rings. The molecule has 0 aliphatic heterocycles. The summed E-state index contributed by atoms with van der Waals surface area (Å²) >= 11 is 0. The fourth-order valence-corrected chi connectivity index (χ4v) is 3.02. The quantitative estimate of drug-likeness (QED) is 0.220. The van der Waals surface area contributed by atoms with Crippen molar-refractivity contribution in [2.24, 2.45) is 4.99 Å². The molecule has 0 atom stereocenters. The third-order valence-electron chi connectivity index (χ3n) is 4.69. The van der Waals surface area contributed by atoms with Gasteiger partial charge in [-0.2, -0.15) is 0 Å². The van der Waals surface area contributed by atoms with Gasteiger partial charge in [-0.3, -0.25) is 15.1 Å². The summed E-state index contributed by atoms with van der Waals surface area (Å²) in [5, 5.41) is 10.7. The van der Waals surface area contributed by atoms with Crippen molar-refractivity contribution in [2.75, 3.05) is 0 Å². The highest BCUT2D eigenvalue weighted by atomic mass is 16.6.